The third-order valence-electron chi connectivity index (χ3n) is 3.59. The van der Waals surface area contributed by atoms with Gasteiger partial charge in [0, 0.05) is 23.0 Å². The van der Waals surface area contributed by atoms with E-state index in [2.05, 4.69) is 17.2 Å². The van der Waals surface area contributed by atoms with Crippen molar-refractivity contribution >= 4 is 11.3 Å². The van der Waals surface area contributed by atoms with Crippen molar-refractivity contribution in [3.63, 3.8) is 0 Å². The summed E-state index contributed by atoms with van der Waals surface area (Å²) in [5.74, 6) is -0.186. The second-order valence-electron chi connectivity index (χ2n) is 5.38. The van der Waals surface area contributed by atoms with Crippen LogP contribution in [0.25, 0.3) is 10.6 Å². The Morgan fingerprint density at radius 2 is 2.20 bits per heavy atom. The summed E-state index contributed by atoms with van der Waals surface area (Å²) in [5.41, 5.74) is 2.79. The lowest BCUT2D eigenvalue weighted by molar-refractivity contribution is 0.630. The molecule has 0 unspecified atom stereocenters. The standard InChI is InChI=1S/C16H19FN2S/c1-3-14-15(9-18-11-5-6-11)20-16(19-14)12-8-10(2)4-7-13(12)17/h4,7-8,11,18H,3,5-6,9H2,1-2H3. The topological polar surface area (TPSA) is 24.9 Å². The van der Waals surface area contributed by atoms with E-state index in [1.807, 2.05) is 13.0 Å². The first-order valence-corrected chi connectivity index (χ1v) is 7.97. The van der Waals surface area contributed by atoms with Crippen molar-refractivity contribution in [3.05, 3.63) is 40.2 Å². The van der Waals surface area contributed by atoms with E-state index in [0.717, 1.165) is 29.2 Å². The van der Waals surface area contributed by atoms with Gasteiger partial charge < -0.3 is 5.32 Å². The van der Waals surface area contributed by atoms with Crippen molar-refractivity contribution in [2.75, 3.05) is 0 Å². The van der Waals surface area contributed by atoms with Crippen LogP contribution in [0.3, 0.4) is 0 Å². The highest BCUT2D eigenvalue weighted by molar-refractivity contribution is 7.15. The smallest absolute Gasteiger partial charge is 0.133 e. The molecule has 0 saturated heterocycles. The number of thiazole rings is 1. The SMILES string of the molecule is CCc1nc(-c2cc(C)ccc2F)sc1CNC1CC1. The van der Waals surface area contributed by atoms with Gasteiger partial charge in [0.25, 0.3) is 0 Å². The summed E-state index contributed by atoms with van der Waals surface area (Å²) in [4.78, 5) is 5.88. The lowest BCUT2D eigenvalue weighted by Crippen LogP contribution is -2.15. The first-order chi connectivity index (χ1) is 9.67. The molecule has 106 valence electrons. The zero-order valence-electron chi connectivity index (χ0n) is 11.9. The molecule has 1 aliphatic rings. The highest BCUT2D eigenvalue weighted by Gasteiger charge is 2.21. The van der Waals surface area contributed by atoms with Crippen LogP contribution in [-0.2, 0) is 13.0 Å². The van der Waals surface area contributed by atoms with Gasteiger partial charge in [-0.1, -0.05) is 18.6 Å². The molecule has 0 amide bonds. The van der Waals surface area contributed by atoms with Crippen molar-refractivity contribution < 1.29 is 4.39 Å². The fourth-order valence-electron chi connectivity index (χ4n) is 2.24. The summed E-state index contributed by atoms with van der Waals surface area (Å²) in [6.07, 6.45) is 3.45. The van der Waals surface area contributed by atoms with Crippen LogP contribution in [0.5, 0.6) is 0 Å². The summed E-state index contributed by atoms with van der Waals surface area (Å²) < 4.78 is 14.0. The molecule has 2 aromatic rings. The quantitative estimate of drug-likeness (QED) is 0.898. The molecule has 1 fully saturated rings. The van der Waals surface area contributed by atoms with Gasteiger partial charge in [-0.25, -0.2) is 9.37 Å². The molecule has 1 saturated carbocycles. The lowest BCUT2D eigenvalue weighted by Gasteiger charge is -2.01. The summed E-state index contributed by atoms with van der Waals surface area (Å²) in [6, 6.07) is 5.88. The molecule has 20 heavy (non-hydrogen) atoms. The molecule has 1 aliphatic carbocycles. The molecule has 1 heterocycles. The maximum atomic E-state index is 14.0. The van der Waals surface area contributed by atoms with Gasteiger partial charge in [-0.15, -0.1) is 11.3 Å². The van der Waals surface area contributed by atoms with Crippen LogP contribution in [0.15, 0.2) is 18.2 Å². The third kappa shape index (κ3) is 2.91. The van der Waals surface area contributed by atoms with Gasteiger partial charge in [-0.2, -0.15) is 0 Å². The second kappa shape index (κ2) is 5.62. The van der Waals surface area contributed by atoms with Gasteiger partial charge in [-0.05, 0) is 38.3 Å². The predicted molar refractivity (Wildman–Crippen MR) is 81.5 cm³/mol. The maximum Gasteiger partial charge on any atom is 0.133 e. The summed E-state index contributed by atoms with van der Waals surface area (Å²) in [6.45, 7) is 4.94. The van der Waals surface area contributed by atoms with E-state index in [9.17, 15) is 4.39 Å². The van der Waals surface area contributed by atoms with E-state index >= 15 is 0 Å². The van der Waals surface area contributed by atoms with E-state index in [1.54, 1.807) is 17.4 Å². The fourth-order valence-corrected chi connectivity index (χ4v) is 3.36. The molecular weight excluding hydrogens is 271 g/mol. The number of hydrogen-bond acceptors (Lipinski definition) is 3. The molecule has 2 nitrogen and oxygen atoms in total. The number of rotatable bonds is 5. The zero-order valence-corrected chi connectivity index (χ0v) is 12.7. The van der Waals surface area contributed by atoms with Gasteiger partial charge in [0.1, 0.15) is 10.8 Å². The van der Waals surface area contributed by atoms with Gasteiger partial charge in [-0.3, -0.25) is 0 Å². The van der Waals surface area contributed by atoms with E-state index < -0.39 is 0 Å². The van der Waals surface area contributed by atoms with E-state index in [4.69, 9.17) is 0 Å². The van der Waals surface area contributed by atoms with E-state index in [-0.39, 0.29) is 5.82 Å². The number of hydrogen-bond donors (Lipinski definition) is 1. The highest BCUT2D eigenvalue weighted by Crippen LogP contribution is 2.31. The molecule has 1 N–H and O–H groups in total. The van der Waals surface area contributed by atoms with Crippen LogP contribution in [0.1, 0.15) is 35.9 Å². The molecule has 1 aromatic heterocycles. The van der Waals surface area contributed by atoms with Crippen LogP contribution >= 0.6 is 11.3 Å². The Morgan fingerprint density at radius 3 is 2.90 bits per heavy atom. The van der Waals surface area contributed by atoms with Crippen LogP contribution < -0.4 is 5.32 Å². The Kier molecular flexibility index (Phi) is 3.85. The first-order valence-electron chi connectivity index (χ1n) is 7.16. The molecule has 4 heteroatoms. The Bertz CT molecular complexity index is 617. The average molecular weight is 290 g/mol. The minimum Gasteiger partial charge on any atom is -0.309 e. The second-order valence-corrected chi connectivity index (χ2v) is 6.46. The lowest BCUT2D eigenvalue weighted by atomic mass is 10.1. The fraction of sp³-hybridized carbons (Fsp3) is 0.438. The van der Waals surface area contributed by atoms with Crippen molar-refractivity contribution in [1.29, 1.82) is 0 Å². The monoisotopic (exact) mass is 290 g/mol. The van der Waals surface area contributed by atoms with Crippen molar-refractivity contribution in [1.82, 2.24) is 10.3 Å². The Morgan fingerprint density at radius 1 is 1.40 bits per heavy atom. The van der Waals surface area contributed by atoms with Crippen molar-refractivity contribution in [3.8, 4) is 10.6 Å². The molecule has 0 aliphatic heterocycles. The van der Waals surface area contributed by atoms with Gasteiger partial charge in [0.15, 0.2) is 0 Å². The number of aromatic nitrogens is 1. The number of halogens is 1. The van der Waals surface area contributed by atoms with Crippen LogP contribution in [0, 0.1) is 12.7 Å². The summed E-state index contributed by atoms with van der Waals surface area (Å²) in [5, 5.41) is 4.32. The molecule has 1 aromatic carbocycles. The minimum atomic E-state index is -0.186. The summed E-state index contributed by atoms with van der Waals surface area (Å²) >= 11 is 1.62. The molecule has 0 radical (unpaired) electrons. The molecule has 0 spiro atoms. The highest BCUT2D eigenvalue weighted by atomic mass is 32.1. The van der Waals surface area contributed by atoms with Crippen molar-refractivity contribution in [2.45, 2.75) is 45.7 Å². The van der Waals surface area contributed by atoms with Gasteiger partial charge in [0.05, 0.1) is 5.69 Å². The number of nitrogens with zero attached hydrogens (tertiary/aromatic N) is 1. The predicted octanol–water partition coefficient (Wildman–Crippen LogP) is 4.07. The number of nitrogens with one attached hydrogen (secondary N) is 1. The zero-order chi connectivity index (χ0) is 14.1. The Labute approximate surface area is 123 Å². The molecular formula is C16H19FN2S. The largest absolute Gasteiger partial charge is 0.309 e. The molecule has 3 rings (SSSR count). The molecule has 0 bridgehead atoms. The normalized spacial score (nSPS) is 14.8. The minimum absolute atomic E-state index is 0.186. The Hall–Kier alpha value is -1.26. The Balaban J connectivity index is 1.90. The first kappa shape index (κ1) is 13.7. The van der Waals surface area contributed by atoms with Crippen LogP contribution in [0.4, 0.5) is 4.39 Å². The number of aryl methyl sites for hydroxylation is 2. The summed E-state index contributed by atoms with van der Waals surface area (Å²) in [7, 11) is 0. The average Bonchev–Trinajstić information content (AvgIpc) is 3.18. The van der Waals surface area contributed by atoms with Gasteiger partial charge >= 0.3 is 0 Å². The van der Waals surface area contributed by atoms with Crippen LogP contribution in [0.2, 0.25) is 0 Å². The number of benzene rings is 1. The van der Waals surface area contributed by atoms with E-state index in [1.165, 1.54) is 23.8 Å². The van der Waals surface area contributed by atoms with Crippen LogP contribution in [-0.4, -0.2) is 11.0 Å². The van der Waals surface area contributed by atoms with E-state index in [0.29, 0.717) is 11.6 Å². The van der Waals surface area contributed by atoms with Gasteiger partial charge in [0.2, 0.25) is 0 Å². The molecule has 0 atom stereocenters. The van der Waals surface area contributed by atoms with Crippen molar-refractivity contribution in [2.24, 2.45) is 0 Å². The third-order valence-corrected chi connectivity index (χ3v) is 4.72. The maximum absolute atomic E-state index is 14.0.